The van der Waals surface area contributed by atoms with E-state index in [2.05, 4.69) is 12.2 Å². The van der Waals surface area contributed by atoms with Crippen LogP contribution < -0.4 is 5.32 Å². The fraction of sp³-hybridized carbons (Fsp3) is 0.826. The summed E-state index contributed by atoms with van der Waals surface area (Å²) in [4.78, 5) is 58.3. The van der Waals surface area contributed by atoms with Gasteiger partial charge in [0.05, 0.1) is 12.8 Å². The van der Waals surface area contributed by atoms with E-state index in [1.807, 2.05) is 6.92 Å². The van der Waals surface area contributed by atoms with E-state index in [4.69, 9.17) is 34.2 Å². The molecule has 4 aliphatic heterocycles. The SMILES string of the molecule is C[C@H]1[C@H](OC(=O)CCC(=O)N[C@@H](CC(=O)O)C(=O)O)O[C@@H]2O[C@]3(C)CC[C@H]4[C@H](C)CC[C@@H]1[C@@]24OO3. The highest BCUT2D eigenvalue weighted by Gasteiger charge is 2.69. The molecule has 0 radical (unpaired) electrons. The molecule has 12 nitrogen and oxygen atoms in total. The highest BCUT2D eigenvalue weighted by Crippen LogP contribution is 2.60. The molecule has 9 atom stereocenters. The van der Waals surface area contributed by atoms with Gasteiger partial charge in [0, 0.05) is 24.7 Å². The molecule has 1 spiro atoms. The first kappa shape index (κ1) is 25.8. The first-order valence-electron chi connectivity index (χ1n) is 12.1. The van der Waals surface area contributed by atoms with Crippen LogP contribution in [0.1, 0.15) is 65.7 Å². The molecule has 0 aromatic rings. The standard InChI is InChI=1S/C23H33NO11/c1-11-4-5-14-12(2)20(32-21-23(14)13(11)8-9-22(3,33-21)34-35-23)31-18(28)7-6-16(25)24-15(19(29)30)10-17(26)27/h11-15,20-21H,4-10H2,1-3H3,(H,24,25)(H,26,27)(H,29,30)/t11-,12-,13+,14+,15+,20-,21-,22+,23-/m1/s1. The maximum Gasteiger partial charge on any atom is 0.326 e. The fourth-order valence-corrected chi connectivity index (χ4v) is 6.05. The molecule has 4 heterocycles. The van der Waals surface area contributed by atoms with E-state index in [1.54, 1.807) is 6.92 Å². The van der Waals surface area contributed by atoms with Gasteiger partial charge in [0.15, 0.2) is 11.9 Å². The number of nitrogens with one attached hydrogen (secondary N) is 1. The third kappa shape index (κ3) is 4.89. The number of ether oxygens (including phenoxy) is 3. The summed E-state index contributed by atoms with van der Waals surface area (Å²) < 4.78 is 18.0. The summed E-state index contributed by atoms with van der Waals surface area (Å²) in [5.74, 6) is -4.94. The summed E-state index contributed by atoms with van der Waals surface area (Å²) in [5.41, 5.74) is -0.786. The van der Waals surface area contributed by atoms with E-state index < -0.39 is 60.2 Å². The van der Waals surface area contributed by atoms with Crippen LogP contribution in [0.2, 0.25) is 0 Å². The molecule has 0 aromatic heterocycles. The minimum absolute atomic E-state index is 0.0291. The van der Waals surface area contributed by atoms with Gasteiger partial charge in [0.1, 0.15) is 6.04 Å². The zero-order chi connectivity index (χ0) is 25.5. The smallest absolute Gasteiger partial charge is 0.326 e. The molecular weight excluding hydrogens is 466 g/mol. The number of aliphatic carboxylic acids is 2. The summed E-state index contributed by atoms with van der Waals surface area (Å²) >= 11 is 0. The van der Waals surface area contributed by atoms with Crippen LogP contribution in [-0.2, 0) is 43.2 Å². The molecule has 5 rings (SSSR count). The molecule has 5 aliphatic rings. The number of carboxylic acids is 2. The van der Waals surface area contributed by atoms with Gasteiger partial charge in [-0.3, -0.25) is 14.4 Å². The number of fused-ring (bicyclic) bond motifs is 2. The predicted molar refractivity (Wildman–Crippen MR) is 114 cm³/mol. The minimum Gasteiger partial charge on any atom is -0.481 e. The minimum atomic E-state index is -1.58. The van der Waals surface area contributed by atoms with Crippen LogP contribution in [0.3, 0.4) is 0 Å². The lowest BCUT2D eigenvalue weighted by atomic mass is 9.58. The molecule has 12 heteroatoms. The molecular formula is C23H33NO11. The molecule has 2 bridgehead atoms. The number of hydrogen-bond acceptors (Lipinski definition) is 9. The molecule has 4 saturated heterocycles. The largest absolute Gasteiger partial charge is 0.481 e. The van der Waals surface area contributed by atoms with E-state index in [0.29, 0.717) is 12.3 Å². The quantitative estimate of drug-likeness (QED) is 0.327. The van der Waals surface area contributed by atoms with E-state index >= 15 is 0 Å². The van der Waals surface area contributed by atoms with Crippen LogP contribution in [0.4, 0.5) is 0 Å². The fourth-order valence-electron chi connectivity index (χ4n) is 6.05. The Kier molecular flexibility index (Phi) is 7.11. The van der Waals surface area contributed by atoms with Crippen molar-refractivity contribution in [1.82, 2.24) is 5.32 Å². The molecule has 5 fully saturated rings. The van der Waals surface area contributed by atoms with Crippen molar-refractivity contribution in [3.05, 3.63) is 0 Å². The third-order valence-corrected chi connectivity index (χ3v) is 7.91. The molecule has 1 aliphatic carbocycles. The van der Waals surface area contributed by atoms with Crippen molar-refractivity contribution in [2.45, 2.75) is 95.7 Å². The van der Waals surface area contributed by atoms with E-state index in [1.165, 1.54) is 0 Å². The molecule has 3 N–H and O–H groups in total. The maximum atomic E-state index is 12.5. The van der Waals surface area contributed by atoms with Crippen molar-refractivity contribution in [2.75, 3.05) is 0 Å². The van der Waals surface area contributed by atoms with Crippen molar-refractivity contribution in [3.8, 4) is 0 Å². The van der Waals surface area contributed by atoms with Gasteiger partial charge >= 0.3 is 17.9 Å². The number of carbonyl (C=O) groups is 4. The predicted octanol–water partition coefficient (Wildman–Crippen LogP) is 1.56. The third-order valence-electron chi connectivity index (χ3n) is 7.91. The lowest BCUT2D eigenvalue weighted by Gasteiger charge is -2.59. The Hall–Kier alpha value is -2.28. The summed E-state index contributed by atoms with van der Waals surface area (Å²) in [6, 6.07) is -1.58. The van der Waals surface area contributed by atoms with Crippen LogP contribution in [0.5, 0.6) is 0 Å². The normalized spacial score (nSPS) is 40.7. The van der Waals surface area contributed by atoms with Gasteiger partial charge in [0.25, 0.3) is 0 Å². The topological polar surface area (TPSA) is 167 Å². The summed E-state index contributed by atoms with van der Waals surface area (Å²) in [6.07, 6.45) is 0.226. The lowest BCUT2D eigenvalue weighted by Crippen LogP contribution is -2.70. The van der Waals surface area contributed by atoms with E-state index in [9.17, 15) is 19.2 Å². The zero-order valence-electron chi connectivity index (χ0n) is 20.1. The van der Waals surface area contributed by atoms with Crippen molar-refractivity contribution in [3.63, 3.8) is 0 Å². The van der Waals surface area contributed by atoms with Gasteiger partial charge in [-0.15, -0.1) is 0 Å². The number of hydrogen-bond donors (Lipinski definition) is 3. The lowest BCUT2D eigenvalue weighted by molar-refractivity contribution is -0.576. The van der Waals surface area contributed by atoms with E-state index in [-0.39, 0.29) is 30.6 Å². The second-order valence-corrected chi connectivity index (χ2v) is 10.3. The van der Waals surface area contributed by atoms with Crippen molar-refractivity contribution in [1.29, 1.82) is 0 Å². The second kappa shape index (κ2) is 9.64. The van der Waals surface area contributed by atoms with Gasteiger partial charge in [0.2, 0.25) is 18.0 Å². The van der Waals surface area contributed by atoms with Crippen molar-refractivity contribution in [2.24, 2.45) is 23.7 Å². The Morgan fingerprint density at radius 2 is 1.80 bits per heavy atom. The zero-order valence-corrected chi connectivity index (χ0v) is 20.1. The molecule has 0 aromatic carbocycles. The van der Waals surface area contributed by atoms with Crippen molar-refractivity contribution < 1.29 is 53.4 Å². The summed E-state index contributed by atoms with van der Waals surface area (Å²) in [7, 11) is 0. The number of carbonyl (C=O) groups excluding carboxylic acids is 2. The highest BCUT2D eigenvalue weighted by molar-refractivity contribution is 5.88. The van der Waals surface area contributed by atoms with Gasteiger partial charge in [-0.2, -0.15) is 0 Å². The van der Waals surface area contributed by atoms with Crippen LogP contribution in [0, 0.1) is 23.7 Å². The number of amides is 1. The summed E-state index contributed by atoms with van der Waals surface area (Å²) in [5, 5.41) is 19.9. The molecule has 196 valence electrons. The Balaban J connectivity index is 1.38. The Labute approximate surface area is 202 Å². The molecule has 35 heavy (non-hydrogen) atoms. The monoisotopic (exact) mass is 499 g/mol. The number of rotatable bonds is 8. The molecule has 1 saturated carbocycles. The first-order valence-corrected chi connectivity index (χ1v) is 12.1. The number of carboxylic acid groups (broad SMARTS) is 2. The van der Waals surface area contributed by atoms with Gasteiger partial charge < -0.3 is 29.7 Å². The number of esters is 1. The van der Waals surface area contributed by atoms with Crippen LogP contribution in [0.15, 0.2) is 0 Å². The van der Waals surface area contributed by atoms with Gasteiger partial charge in [-0.25, -0.2) is 14.6 Å². The van der Waals surface area contributed by atoms with Crippen LogP contribution in [-0.4, -0.2) is 64.0 Å². The second-order valence-electron chi connectivity index (χ2n) is 10.3. The Morgan fingerprint density at radius 3 is 2.49 bits per heavy atom. The van der Waals surface area contributed by atoms with Gasteiger partial charge in [-0.05, 0) is 38.0 Å². The average molecular weight is 500 g/mol. The van der Waals surface area contributed by atoms with Crippen LogP contribution >= 0.6 is 0 Å². The Morgan fingerprint density at radius 1 is 1.06 bits per heavy atom. The summed E-state index contributed by atoms with van der Waals surface area (Å²) in [6.45, 7) is 5.93. The Bertz CT molecular complexity index is 880. The molecule has 0 unspecified atom stereocenters. The highest BCUT2D eigenvalue weighted by atomic mass is 17.3. The van der Waals surface area contributed by atoms with Gasteiger partial charge in [-0.1, -0.05) is 13.8 Å². The van der Waals surface area contributed by atoms with E-state index in [0.717, 1.165) is 19.3 Å². The average Bonchev–Trinajstić information content (AvgIpc) is 3.01. The molecule has 1 amide bonds. The van der Waals surface area contributed by atoms with Crippen molar-refractivity contribution >= 4 is 23.8 Å². The first-order chi connectivity index (χ1) is 16.4. The van der Waals surface area contributed by atoms with Crippen LogP contribution in [0.25, 0.3) is 0 Å². The maximum absolute atomic E-state index is 12.5.